The summed E-state index contributed by atoms with van der Waals surface area (Å²) in [6.45, 7) is 7.50. The minimum atomic E-state index is -1.10. The van der Waals surface area contributed by atoms with Crippen LogP contribution in [0.15, 0.2) is 30.5 Å². The zero-order valence-corrected chi connectivity index (χ0v) is 20.6. The Bertz CT molecular complexity index is 1080. The molecule has 4 N–H and O–H groups in total. The Morgan fingerprint density at radius 3 is 2.43 bits per heavy atom. The van der Waals surface area contributed by atoms with Crippen molar-refractivity contribution in [2.24, 2.45) is 5.92 Å². The Labute approximate surface area is 204 Å². The average Bonchev–Trinajstić information content (AvgIpc) is 3.19. The molecule has 0 saturated carbocycles. The molecule has 1 aromatic heterocycles. The lowest BCUT2D eigenvalue weighted by Gasteiger charge is -2.33. The van der Waals surface area contributed by atoms with E-state index in [1.807, 2.05) is 24.3 Å². The minimum Gasteiger partial charge on any atom is -0.480 e. The van der Waals surface area contributed by atoms with Crippen LogP contribution in [0.2, 0.25) is 0 Å². The number of aromatic amines is 1. The topological polar surface area (TPSA) is 141 Å². The first-order chi connectivity index (χ1) is 16.4. The number of piperidine rings is 1. The highest BCUT2D eigenvalue weighted by molar-refractivity contribution is 5.88. The van der Waals surface area contributed by atoms with E-state index < -0.39 is 35.7 Å². The van der Waals surface area contributed by atoms with E-state index in [0.717, 1.165) is 16.5 Å². The second kappa shape index (κ2) is 10.8. The number of hydrogen-bond donors (Lipinski definition) is 4. The molecule has 3 amide bonds. The number of hydrogen-bond acceptors (Lipinski definition) is 5. The van der Waals surface area contributed by atoms with Crippen LogP contribution < -0.4 is 10.6 Å². The van der Waals surface area contributed by atoms with Gasteiger partial charge in [-0.3, -0.25) is 9.59 Å². The van der Waals surface area contributed by atoms with E-state index in [0.29, 0.717) is 25.9 Å². The molecule has 0 spiro atoms. The van der Waals surface area contributed by atoms with Crippen molar-refractivity contribution < 1.29 is 29.0 Å². The number of nitrogens with zero attached hydrogens (tertiary/aromatic N) is 1. The molecule has 10 nitrogen and oxygen atoms in total. The fourth-order valence-electron chi connectivity index (χ4n) is 4.19. The number of para-hydroxylation sites is 1. The number of aliphatic carboxylic acids is 1. The molecule has 0 bridgehead atoms. The number of carboxylic acid groups (broad SMARTS) is 1. The summed E-state index contributed by atoms with van der Waals surface area (Å²) in [6.07, 6.45) is 2.09. The zero-order chi connectivity index (χ0) is 25.8. The van der Waals surface area contributed by atoms with Crippen molar-refractivity contribution in [3.63, 3.8) is 0 Å². The van der Waals surface area contributed by atoms with E-state index in [2.05, 4.69) is 15.6 Å². The number of aromatic nitrogens is 1. The van der Waals surface area contributed by atoms with Gasteiger partial charge in [-0.1, -0.05) is 18.2 Å². The Balaban J connectivity index is 1.51. The molecule has 2 aromatic rings. The number of alkyl carbamates (subject to hydrolysis) is 1. The van der Waals surface area contributed by atoms with Crippen molar-refractivity contribution in [3.8, 4) is 0 Å². The van der Waals surface area contributed by atoms with Crippen LogP contribution in [0.25, 0.3) is 10.9 Å². The maximum atomic E-state index is 12.8. The molecule has 2 atom stereocenters. The number of rotatable bonds is 7. The van der Waals surface area contributed by atoms with Crippen molar-refractivity contribution in [3.05, 3.63) is 36.0 Å². The Kier molecular flexibility index (Phi) is 8.03. The van der Waals surface area contributed by atoms with Crippen LogP contribution in [0.3, 0.4) is 0 Å². The molecule has 190 valence electrons. The van der Waals surface area contributed by atoms with Crippen LogP contribution in [0.4, 0.5) is 4.79 Å². The van der Waals surface area contributed by atoms with Gasteiger partial charge in [0.1, 0.15) is 17.7 Å². The van der Waals surface area contributed by atoms with Gasteiger partial charge in [0.25, 0.3) is 0 Å². The molecule has 2 unspecified atom stereocenters. The Hall–Kier alpha value is -3.56. The molecule has 1 saturated heterocycles. The molecule has 10 heteroatoms. The lowest BCUT2D eigenvalue weighted by atomic mass is 9.94. The van der Waals surface area contributed by atoms with Crippen LogP contribution in [0.1, 0.15) is 46.1 Å². The van der Waals surface area contributed by atoms with Gasteiger partial charge in [0, 0.05) is 42.5 Å². The van der Waals surface area contributed by atoms with Gasteiger partial charge in [0.15, 0.2) is 0 Å². The first-order valence-electron chi connectivity index (χ1n) is 11.8. The summed E-state index contributed by atoms with van der Waals surface area (Å²) in [5.74, 6) is -2.07. The number of ether oxygens (including phenoxy) is 1. The van der Waals surface area contributed by atoms with Gasteiger partial charge in [-0.25, -0.2) is 9.59 Å². The van der Waals surface area contributed by atoms with Gasteiger partial charge < -0.3 is 30.4 Å². The lowest BCUT2D eigenvalue weighted by molar-refractivity contribution is -0.143. The van der Waals surface area contributed by atoms with Crippen molar-refractivity contribution >= 4 is 34.8 Å². The number of likely N-dealkylation sites (tertiary alicyclic amines) is 1. The second-order valence-corrected chi connectivity index (χ2v) is 9.93. The van der Waals surface area contributed by atoms with Crippen molar-refractivity contribution in [2.45, 2.75) is 64.6 Å². The summed E-state index contributed by atoms with van der Waals surface area (Å²) in [5, 5.41) is 15.8. The SMILES string of the molecule is CC(NC(=O)OC(C)(C)C)C(=O)N1CCC(C(=O)NC(Cc2c[nH]c3ccccc23)C(=O)O)CC1. The molecule has 35 heavy (non-hydrogen) atoms. The average molecular weight is 487 g/mol. The third-order valence-corrected chi connectivity index (χ3v) is 5.99. The highest BCUT2D eigenvalue weighted by Gasteiger charge is 2.32. The number of nitrogens with one attached hydrogen (secondary N) is 3. The van der Waals surface area contributed by atoms with E-state index in [4.69, 9.17) is 4.74 Å². The van der Waals surface area contributed by atoms with Gasteiger partial charge in [-0.05, 0) is 52.2 Å². The monoisotopic (exact) mass is 486 g/mol. The maximum Gasteiger partial charge on any atom is 0.408 e. The maximum absolute atomic E-state index is 12.8. The molecule has 0 radical (unpaired) electrons. The van der Waals surface area contributed by atoms with Gasteiger partial charge in [0.05, 0.1) is 0 Å². The number of carbonyl (C=O) groups excluding carboxylic acids is 3. The summed E-state index contributed by atoms with van der Waals surface area (Å²) in [5.41, 5.74) is 1.06. The number of carbonyl (C=O) groups is 4. The summed E-state index contributed by atoms with van der Waals surface area (Å²) in [4.78, 5) is 54.0. The zero-order valence-electron chi connectivity index (χ0n) is 20.6. The number of H-pyrrole nitrogens is 1. The van der Waals surface area contributed by atoms with Crippen molar-refractivity contribution in [2.75, 3.05) is 13.1 Å². The van der Waals surface area contributed by atoms with Gasteiger partial charge in [-0.15, -0.1) is 0 Å². The molecule has 2 heterocycles. The predicted molar refractivity (Wildman–Crippen MR) is 130 cm³/mol. The molecule has 1 aromatic carbocycles. The molecule has 1 aliphatic rings. The quantitative estimate of drug-likeness (QED) is 0.474. The first-order valence-corrected chi connectivity index (χ1v) is 11.8. The number of amides is 3. The van der Waals surface area contributed by atoms with E-state index in [-0.39, 0.29) is 18.2 Å². The van der Waals surface area contributed by atoms with Gasteiger partial charge in [0.2, 0.25) is 11.8 Å². The Morgan fingerprint density at radius 2 is 1.80 bits per heavy atom. The van der Waals surface area contributed by atoms with Crippen LogP contribution in [0, 0.1) is 5.92 Å². The fraction of sp³-hybridized carbons (Fsp3) is 0.520. The second-order valence-electron chi connectivity index (χ2n) is 9.93. The van der Waals surface area contributed by atoms with Crippen LogP contribution in [-0.4, -0.2) is 69.6 Å². The van der Waals surface area contributed by atoms with E-state index >= 15 is 0 Å². The third kappa shape index (κ3) is 6.97. The fourth-order valence-corrected chi connectivity index (χ4v) is 4.19. The molecule has 0 aliphatic carbocycles. The summed E-state index contributed by atoms with van der Waals surface area (Å²) in [6, 6.07) is 5.78. The molecule has 3 rings (SSSR count). The lowest BCUT2D eigenvalue weighted by Crippen LogP contribution is -2.52. The van der Waals surface area contributed by atoms with E-state index in [1.165, 1.54) is 0 Å². The predicted octanol–water partition coefficient (Wildman–Crippen LogP) is 2.43. The molecule has 1 fully saturated rings. The van der Waals surface area contributed by atoms with E-state index in [9.17, 15) is 24.3 Å². The van der Waals surface area contributed by atoms with Crippen LogP contribution >= 0.6 is 0 Å². The van der Waals surface area contributed by atoms with Gasteiger partial charge >= 0.3 is 12.1 Å². The number of fused-ring (bicyclic) bond motifs is 1. The van der Waals surface area contributed by atoms with Crippen LogP contribution in [0.5, 0.6) is 0 Å². The standard InChI is InChI=1S/C25H34N4O6/c1-15(27-24(34)35-25(2,3)4)22(31)29-11-9-16(10-12-29)21(30)28-20(23(32)33)13-17-14-26-19-8-6-5-7-18(17)19/h5-8,14-16,20,26H,9-13H2,1-4H3,(H,27,34)(H,28,30)(H,32,33). The summed E-state index contributed by atoms with van der Waals surface area (Å²) in [7, 11) is 0. The van der Waals surface area contributed by atoms with Crippen molar-refractivity contribution in [1.29, 1.82) is 0 Å². The summed E-state index contributed by atoms with van der Waals surface area (Å²) < 4.78 is 5.19. The molecule has 1 aliphatic heterocycles. The first kappa shape index (κ1) is 26.1. The third-order valence-electron chi connectivity index (χ3n) is 5.99. The molecular weight excluding hydrogens is 452 g/mol. The highest BCUT2D eigenvalue weighted by atomic mass is 16.6. The smallest absolute Gasteiger partial charge is 0.408 e. The van der Waals surface area contributed by atoms with E-state index in [1.54, 1.807) is 38.8 Å². The number of benzene rings is 1. The highest BCUT2D eigenvalue weighted by Crippen LogP contribution is 2.21. The Morgan fingerprint density at radius 1 is 1.14 bits per heavy atom. The summed E-state index contributed by atoms with van der Waals surface area (Å²) >= 11 is 0. The molecular formula is C25H34N4O6. The minimum absolute atomic E-state index is 0.163. The van der Waals surface area contributed by atoms with Gasteiger partial charge in [-0.2, -0.15) is 0 Å². The largest absolute Gasteiger partial charge is 0.480 e. The van der Waals surface area contributed by atoms with Crippen LogP contribution in [-0.2, 0) is 25.5 Å². The normalized spacial score (nSPS) is 16.4. The van der Waals surface area contributed by atoms with Crippen molar-refractivity contribution in [1.82, 2.24) is 20.5 Å². The number of carboxylic acids is 1.